The van der Waals surface area contributed by atoms with Gasteiger partial charge >= 0.3 is 5.97 Å². The van der Waals surface area contributed by atoms with Crippen molar-refractivity contribution in [2.45, 2.75) is 25.7 Å². The molecule has 0 saturated heterocycles. The number of esters is 1. The number of benzene rings is 2. The zero-order chi connectivity index (χ0) is 20.0. The number of carbonyl (C=O) groups excluding carboxylic acids is 2. The van der Waals surface area contributed by atoms with Crippen LogP contribution in [0.15, 0.2) is 48.5 Å². The summed E-state index contributed by atoms with van der Waals surface area (Å²) in [5.74, 6) is 5.39. The Hall–Kier alpha value is -3.57. The monoisotopic (exact) mass is 372 g/mol. The molecule has 0 bridgehead atoms. The molecule has 0 aliphatic heterocycles. The molecule has 5 nitrogen and oxygen atoms in total. The lowest BCUT2D eigenvalue weighted by Gasteiger charge is -2.19. The SMILES string of the molecule is COC(=O)c1cccc(C#Cc2cccc(NC(=O)C3(C#N)CCCC3)c2)c1. The maximum Gasteiger partial charge on any atom is 0.337 e. The van der Waals surface area contributed by atoms with Gasteiger partial charge in [-0.1, -0.05) is 36.8 Å². The van der Waals surface area contributed by atoms with E-state index in [1.165, 1.54) is 7.11 Å². The second kappa shape index (κ2) is 8.41. The van der Waals surface area contributed by atoms with E-state index in [0.29, 0.717) is 29.7 Å². The van der Waals surface area contributed by atoms with Crippen molar-refractivity contribution in [2.75, 3.05) is 12.4 Å². The van der Waals surface area contributed by atoms with Gasteiger partial charge in [0.25, 0.3) is 0 Å². The molecule has 0 heterocycles. The molecule has 2 aromatic rings. The van der Waals surface area contributed by atoms with Crippen LogP contribution in [0.3, 0.4) is 0 Å². The Bertz CT molecular complexity index is 1000. The summed E-state index contributed by atoms with van der Waals surface area (Å²) in [6, 6.07) is 16.3. The van der Waals surface area contributed by atoms with Crippen LogP contribution in [0.5, 0.6) is 0 Å². The molecule has 0 spiro atoms. The first-order chi connectivity index (χ1) is 13.6. The fraction of sp³-hybridized carbons (Fsp3) is 0.261. The first kappa shape index (κ1) is 19.2. The summed E-state index contributed by atoms with van der Waals surface area (Å²) in [5.41, 5.74) is 1.54. The summed E-state index contributed by atoms with van der Waals surface area (Å²) in [6.07, 6.45) is 3.00. The van der Waals surface area contributed by atoms with Crippen LogP contribution in [0.4, 0.5) is 5.69 Å². The minimum atomic E-state index is -0.921. The van der Waals surface area contributed by atoms with Crippen molar-refractivity contribution < 1.29 is 14.3 Å². The predicted octanol–water partition coefficient (Wildman–Crippen LogP) is 3.90. The number of nitriles is 1. The summed E-state index contributed by atoms with van der Waals surface area (Å²) in [6.45, 7) is 0. The molecule has 1 amide bonds. The number of anilines is 1. The summed E-state index contributed by atoms with van der Waals surface area (Å²) in [7, 11) is 1.34. The Morgan fingerprint density at radius 1 is 1.04 bits per heavy atom. The van der Waals surface area contributed by atoms with E-state index in [9.17, 15) is 14.9 Å². The maximum absolute atomic E-state index is 12.6. The third-order valence-electron chi connectivity index (χ3n) is 4.86. The van der Waals surface area contributed by atoms with Crippen molar-refractivity contribution in [3.05, 3.63) is 65.2 Å². The Kier molecular flexibility index (Phi) is 5.77. The van der Waals surface area contributed by atoms with Gasteiger partial charge in [0.05, 0.1) is 18.7 Å². The van der Waals surface area contributed by atoms with Gasteiger partial charge in [0.2, 0.25) is 5.91 Å². The fourth-order valence-electron chi connectivity index (χ4n) is 3.28. The Morgan fingerprint density at radius 2 is 1.68 bits per heavy atom. The topological polar surface area (TPSA) is 79.2 Å². The van der Waals surface area contributed by atoms with E-state index in [0.717, 1.165) is 18.4 Å². The van der Waals surface area contributed by atoms with E-state index in [4.69, 9.17) is 4.74 Å². The van der Waals surface area contributed by atoms with E-state index in [1.807, 2.05) is 12.1 Å². The molecule has 1 aliphatic carbocycles. The third-order valence-corrected chi connectivity index (χ3v) is 4.86. The summed E-state index contributed by atoms with van der Waals surface area (Å²) in [5, 5.41) is 12.3. The molecule has 2 aromatic carbocycles. The molecule has 1 aliphatic rings. The highest BCUT2D eigenvalue weighted by Gasteiger charge is 2.41. The van der Waals surface area contributed by atoms with Gasteiger partial charge in [0, 0.05) is 16.8 Å². The van der Waals surface area contributed by atoms with E-state index in [1.54, 1.807) is 36.4 Å². The van der Waals surface area contributed by atoms with Crippen molar-refractivity contribution in [2.24, 2.45) is 5.41 Å². The van der Waals surface area contributed by atoms with Gasteiger partial charge in [-0.2, -0.15) is 5.26 Å². The minimum Gasteiger partial charge on any atom is -0.465 e. The molecule has 1 fully saturated rings. The highest BCUT2D eigenvalue weighted by atomic mass is 16.5. The van der Waals surface area contributed by atoms with Crippen LogP contribution in [0.25, 0.3) is 0 Å². The van der Waals surface area contributed by atoms with Crippen LogP contribution in [-0.4, -0.2) is 19.0 Å². The second-order valence-electron chi connectivity index (χ2n) is 6.76. The second-order valence-corrected chi connectivity index (χ2v) is 6.76. The molecular weight excluding hydrogens is 352 g/mol. The van der Waals surface area contributed by atoms with Gasteiger partial charge < -0.3 is 10.1 Å². The smallest absolute Gasteiger partial charge is 0.337 e. The van der Waals surface area contributed by atoms with Crippen LogP contribution < -0.4 is 5.32 Å². The third kappa shape index (κ3) is 4.22. The van der Waals surface area contributed by atoms with Crippen LogP contribution in [-0.2, 0) is 9.53 Å². The number of methoxy groups -OCH3 is 1. The van der Waals surface area contributed by atoms with E-state index >= 15 is 0 Å². The fourth-order valence-corrected chi connectivity index (χ4v) is 3.28. The zero-order valence-corrected chi connectivity index (χ0v) is 15.6. The Balaban J connectivity index is 1.76. The summed E-state index contributed by atoms with van der Waals surface area (Å²) in [4.78, 5) is 24.2. The highest BCUT2D eigenvalue weighted by Crippen LogP contribution is 2.38. The van der Waals surface area contributed by atoms with Gasteiger partial charge in [0.1, 0.15) is 5.41 Å². The quantitative estimate of drug-likeness (QED) is 0.655. The molecule has 5 heteroatoms. The summed E-state index contributed by atoms with van der Waals surface area (Å²) < 4.78 is 4.72. The van der Waals surface area contributed by atoms with Crippen molar-refractivity contribution >= 4 is 17.6 Å². The predicted molar refractivity (Wildman–Crippen MR) is 105 cm³/mol. The van der Waals surface area contributed by atoms with Crippen molar-refractivity contribution in [3.63, 3.8) is 0 Å². The Labute approximate surface area is 164 Å². The van der Waals surface area contributed by atoms with E-state index < -0.39 is 11.4 Å². The van der Waals surface area contributed by atoms with Crippen LogP contribution in [0.2, 0.25) is 0 Å². The largest absolute Gasteiger partial charge is 0.465 e. The van der Waals surface area contributed by atoms with Gasteiger partial charge in [-0.05, 0) is 49.2 Å². The lowest BCUT2D eigenvalue weighted by molar-refractivity contribution is -0.122. The van der Waals surface area contributed by atoms with Crippen LogP contribution >= 0.6 is 0 Å². The van der Waals surface area contributed by atoms with Crippen molar-refractivity contribution in [1.29, 1.82) is 5.26 Å². The lowest BCUT2D eigenvalue weighted by atomic mass is 9.87. The Morgan fingerprint density at radius 3 is 2.32 bits per heavy atom. The number of amides is 1. The molecule has 1 N–H and O–H groups in total. The number of rotatable bonds is 3. The lowest BCUT2D eigenvalue weighted by Crippen LogP contribution is -2.32. The molecule has 3 rings (SSSR count). The first-order valence-corrected chi connectivity index (χ1v) is 9.09. The van der Waals surface area contributed by atoms with Crippen LogP contribution in [0.1, 0.15) is 47.2 Å². The number of carbonyl (C=O) groups is 2. The molecule has 0 aromatic heterocycles. The number of nitrogens with zero attached hydrogens (tertiary/aromatic N) is 1. The average Bonchev–Trinajstić information content (AvgIpc) is 3.23. The number of hydrogen-bond donors (Lipinski definition) is 1. The molecule has 140 valence electrons. The molecule has 0 radical (unpaired) electrons. The highest BCUT2D eigenvalue weighted by molar-refractivity contribution is 5.97. The molecule has 0 atom stereocenters. The standard InChI is InChI=1S/C23H20N2O3/c1-28-21(26)19-8-4-6-17(14-19)10-11-18-7-5-9-20(15-18)25-22(27)23(16-24)12-2-3-13-23/h4-9,14-15H,2-3,12-13H2,1H3,(H,25,27). The minimum absolute atomic E-state index is 0.247. The molecule has 1 saturated carbocycles. The summed E-state index contributed by atoms with van der Waals surface area (Å²) >= 11 is 0. The molecular formula is C23H20N2O3. The zero-order valence-electron chi connectivity index (χ0n) is 15.6. The van der Waals surface area contributed by atoms with E-state index in [-0.39, 0.29) is 5.91 Å². The maximum atomic E-state index is 12.6. The number of nitrogens with one attached hydrogen (secondary N) is 1. The van der Waals surface area contributed by atoms with Crippen LogP contribution in [0, 0.1) is 28.6 Å². The molecule has 0 unspecified atom stereocenters. The normalized spacial score (nSPS) is 14.3. The van der Waals surface area contributed by atoms with Gasteiger partial charge in [-0.15, -0.1) is 0 Å². The number of hydrogen-bond acceptors (Lipinski definition) is 4. The van der Waals surface area contributed by atoms with Gasteiger partial charge in [-0.25, -0.2) is 4.79 Å². The van der Waals surface area contributed by atoms with E-state index in [2.05, 4.69) is 23.2 Å². The van der Waals surface area contributed by atoms with Crippen molar-refractivity contribution in [1.82, 2.24) is 0 Å². The average molecular weight is 372 g/mol. The van der Waals surface area contributed by atoms with Gasteiger partial charge in [0.15, 0.2) is 0 Å². The van der Waals surface area contributed by atoms with Gasteiger partial charge in [-0.3, -0.25) is 4.79 Å². The first-order valence-electron chi connectivity index (χ1n) is 9.09. The van der Waals surface area contributed by atoms with Crippen molar-refractivity contribution in [3.8, 4) is 17.9 Å². The number of ether oxygens (including phenoxy) is 1. The molecule has 28 heavy (non-hydrogen) atoms.